The summed E-state index contributed by atoms with van der Waals surface area (Å²) >= 11 is 1.08. The number of carbonyl (C=O) groups is 1. The summed E-state index contributed by atoms with van der Waals surface area (Å²) in [5, 5.41) is 11.1. The molecule has 12 heteroatoms. The number of amides is 1. The molecule has 3 rings (SSSR count). The summed E-state index contributed by atoms with van der Waals surface area (Å²) in [5.41, 5.74) is -0.0853. The third kappa shape index (κ3) is 6.54. The van der Waals surface area contributed by atoms with Crippen LogP contribution in [-0.4, -0.2) is 39.9 Å². The predicted octanol–water partition coefficient (Wildman–Crippen LogP) is 4.59. The summed E-state index contributed by atoms with van der Waals surface area (Å²) in [6.07, 6.45) is -5.33. The quantitative estimate of drug-likeness (QED) is 0.446. The molecule has 0 spiro atoms. The van der Waals surface area contributed by atoms with Crippen molar-refractivity contribution >= 4 is 23.4 Å². The fourth-order valence-corrected chi connectivity index (χ4v) is 3.58. The number of thioether (sulfide) groups is 1. The summed E-state index contributed by atoms with van der Waals surface area (Å²) < 4.78 is 54.5. The molecule has 1 N–H and O–H groups in total. The molecule has 0 fully saturated rings. The molecule has 8 nitrogen and oxygen atoms in total. The Morgan fingerprint density at radius 1 is 1.09 bits per heavy atom. The summed E-state index contributed by atoms with van der Waals surface area (Å²) in [6.45, 7) is 1.80. The number of hydrogen-bond acceptors (Lipinski definition) is 7. The number of benzene rings is 2. The first-order valence-electron chi connectivity index (χ1n) is 9.64. The molecule has 0 aliphatic heterocycles. The molecule has 0 aliphatic rings. The summed E-state index contributed by atoms with van der Waals surface area (Å²) in [4.78, 5) is 12.3. The van der Waals surface area contributed by atoms with Gasteiger partial charge in [0.25, 0.3) is 0 Å². The molecule has 3 aromatic rings. The van der Waals surface area contributed by atoms with Crippen molar-refractivity contribution in [3.05, 3.63) is 54.4 Å². The molecular formula is C21H21F3N4O4S. The Labute approximate surface area is 192 Å². The second kappa shape index (κ2) is 10.5. The Bertz CT molecular complexity index is 1110. The van der Waals surface area contributed by atoms with Crippen molar-refractivity contribution in [2.24, 2.45) is 7.05 Å². The molecule has 0 saturated heterocycles. The number of rotatable bonds is 9. The zero-order chi connectivity index (χ0) is 24.0. The van der Waals surface area contributed by atoms with E-state index in [2.05, 4.69) is 20.3 Å². The van der Waals surface area contributed by atoms with Crippen molar-refractivity contribution in [2.75, 3.05) is 18.2 Å². The number of nitrogens with one attached hydrogen (secondary N) is 1. The third-order valence-corrected chi connectivity index (χ3v) is 5.34. The Morgan fingerprint density at radius 3 is 2.39 bits per heavy atom. The largest absolute Gasteiger partial charge is 0.573 e. The molecule has 1 unspecified atom stereocenters. The molecule has 0 bridgehead atoms. The maximum absolute atomic E-state index is 12.5. The number of hydrogen-bond donors (Lipinski definition) is 1. The van der Waals surface area contributed by atoms with Gasteiger partial charge in [0.1, 0.15) is 0 Å². The van der Waals surface area contributed by atoms with Crippen LogP contribution in [0.1, 0.15) is 18.9 Å². The zero-order valence-electron chi connectivity index (χ0n) is 17.9. The van der Waals surface area contributed by atoms with E-state index in [1.54, 1.807) is 37.8 Å². The van der Waals surface area contributed by atoms with Gasteiger partial charge in [0, 0.05) is 7.05 Å². The second-order valence-electron chi connectivity index (χ2n) is 6.69. The number of ether oxygens (including phenoxy) is 3. The molecular weight excluding hydrogens is 461 g/mol. The van der Waals surface area contributed by atoms with Crippen molar-refractivity contribution in [1.82, 2.24) is 14.8 Å². The van der Waals surface area contributed by atoms with Gasteiger partial charge in [-0.05, 0) is 31.2 Å². The Balaban J connectivity index is 1.61. The maximum Gasteiger partial charge on any atom is 0.573 e. The van der Waals surface area contributed by atoms with E-state index in [4.69, 9.17) is 9.47 Å². The molecule has 0 aliphatic carbocycles. The average Bonchev–Trinajstić information content (AvgIpc) is 3.13. The topological polar surface area (TPSA) is 87.5 Å². The first kappa shape index (κ1) is 24.2. The smallest absolute Gasteiger partial charge is 0.493 e. The Kier molecular flexibility index (Phi) is 7.69. The van der Waals surface area contributed by atoms with Gasteiger partial charge in [-0.1, -0.05) is 36.0 Å². The number of aromatic nitrogens is 3. The van der Waals surface area contributed by atoms with E-state index < -0.39 is 24.1 Å². The first-order valence-corrected chi connectivity index (χ1v) is 10.6. The molecule has 0 saturated carbocycles. The Morgan fingerprint density at radius 2 is 1.73 bits per heavy atom. The minimum atomic E-state index is -4.87. The zero-order valence-corrected chi connectivity index (χ0v) is 18.7. The van der Waals surface area contributed by atoms with Crippen LogP contribution in [0.3, 0.4) is 0 Å². The second-order valence-corrected chi connectivity index (χ2v) is 7.63. The van der Waals surface area contributed by atoms with Gasteiger partial charge in [0.2, 0.25) is 5.91 Å². The lowest BCUT2D eigenvalue weighted by Gasteiger charge is -2.16. The minimum Gasteiger partial charge on any atom is -0.493 e. The molecule has 33 heavy (non-hydrogen) atoms. The number of methoxy groups -OCH3 is 1. The van der Waals surface area contributed by atoms with E-state index in [-0.39, 0.29) is 11.4 Å². The lowest BCUT2D eigenvalue weighted by Crippen LogP contribution is -2.20. The van der Waals surface area contributed by atoms with E-state index >= 15 is 0 Å². The third-order valence-electron chi connectivity index (χ3n) is 4.32. The molecule has 2 aromatic carbocycles. The normalized spacial score (nSPS) is 12.2. The first-order chi connectivity index (χ1) is 15.7. The van der Waals surface area contributed by atoms with Gasteiger partial charge in [-0.15, -0.1) is 23.4 Å². The van der Waals surface area contributed by atoms with Crippen molar-refractivity contribution in [1.29, 1.82) is 0 Å². The van der Waals surface area contributed by atoms with E-state index in [0.29, 0.717) is 22.5 Å². The van der Waals surface area contributed by atoms with Crippen LogP contribution in [0.4, 0.5) is 18.9 Å². The average molecular weight is 482 g/mol. The molecule has 1 amide bonds. The summed E-state index contributed by atoms with van der Waals surface area (Å²) in [7, 11) is 3.27. The van der Waals surface area contributed by atoms with Crippen LogP contribution < -0.4 is 19.5 Å². The lowest BCUT2D eigenvalue weighted by molar-refractivity contribution is -0.274. The highest BCUT2D eigenvalue weighted by atomic mass is 32.2. The fraction of sp³-hybridized carbons (Fsp3) is 0.286. The SMILES string of the molecule is COc1ccccc1OC(C)c1nnc(SCC(=O)Nc2ccccc2OC(F)(F)F)n1C. The van der Waals surface area contributed by atoms with Gasteiger partial charge in [-0.25, -0.2) is 0 Å². The van der Waals surface area contributed by atoms with Crippen LogP contribution in [-0.2, 0) is 11.8 Å². The molecule has 1 atom stereocenters. The fourth-order valence-electron chi connectivity index (χ4n) is 2.87. The van der Waals surface area contributed by atoms with Crippen LogP contribution in [0.25, 0.3) is 0 Å². The number of carbonyl (C=O) groups excluding carboxylic acids is 1. The van der Waals surface area contributed by atoms with Gasteiger partial charge in [0.05, 0.1) is 18.6 Å². The van der Waals surface area contributed by atoms with Crippen molar-refractivity contribution in [3.8, 4) is 17.2 Å². The van der Waals surface area contributed by atoms with E-state index in [0.717, 1.165) is 17.8 Å². The Hall–Kier alpha value is -3.41. The van der Waals surface area contributed by atoms with Gasteiger partial charge >= 0.3 is 6.36 Å². The summed E-state index contributed by atoms with van der Waals surface area (Å²) in [6, 6.07) is 12.5. The molecule has 1 heterocycles. The van der Waals surface area contributed by atoms with Crippen LogP contribution in [0.5, 0.6) is 17.2 Å². The lowest BCUT2D eigenvalue weighted by atomic mass is 10.3. The maximum atomic E-state index is 12.5. The molecule has 176 valence electrons. The van der Waals surface area contributed by atoms with Crippen molar-refractivity contribution in [2.45, 2.75) is 24.5 Å². The van der Waals surface area contributed by atoms with Gasteiger partial charge in [-0.2, -0.15) is 0 Å². The number of nitrogens with zero attached hydrogens (tertiary/aromatic N) is 3. The standard InChI is InChI=1S/C21H21F3N4O4S/c1-13(31-17-11-7-6-10-16(17)30-3)19-26-27-20(28(19)2)33-12-18(29)25-14-8-4-5-9-15(14)32-21(22,23)24/h4-11,13H,12H2,1-3H3,(H,25,29). The van der Waals surface area contributed by atoms with Crippen molar-refractivity contribution < 1.29 is 32.2 Å². The number of anilines is 1. The van der Waals surface area contributed by atoms with Crippen LogP contribution >= 0.6 is 11.8 Å². The van der Waals surface area contributed by atoms with Crippen molar-refractivity contribution in [3.63, 3.8) is 0 Å². The predicted molar refractivity (Wildman–Crippen MR) is 116 cm³/mol. The van der Waals surface area contributed by atoms with Crippen LogP contribution in [0.2, 0.25) is 0 Å². The molecule has 0 radical (unpaired) electrons. The molecule has 1 aromatic heterocycles. The monoisotopic (exact) mass is 482 g/mol. The van der Waals surface area contributed by atoms with E-state index in [1.807, 2.05) is 12.1 Å². The van der Waals surface area contributed by atoms with Crippen LogP contribution in [0.15, 0.2) is 53.7 Å². The minimum absolute atomic E-state index is 0.0853. The number of alkyl halides is 3. The number of halogens is 3. The van der Waals surface area contributed by atoms with E-state index in [1.165, 1.54) is 18.2 Å². The van der Waals surface area contributed by atoms with Crippen LogP contribution in [0, 0.1) is 0 Å². The van der Waals surface area contributed by atoms with Gasteiger partial charge < -0.3 is 24.1 Å². The highest BCUT2D eigenvalue weighted by Gasteiger charge is 2.32. The highest BCUT2D eigenvalue weighted by molar-refractivity contribution is 7.99. The van der Waals surface area contributed by atoms with Gasteiger partial charge in [0.15, 0.2) is 34.3 Å². The van der Waals surface area contributed by atoms with Gasteiger partial charge in [-0.3, -0.25) is 4.79 Å². The summed E-state index contributed by atoms with van der Waals surface area (Å²) in [5.74, 6) is 0.519. The van der Waals surface area contributed by atoms with E-state index in [9.17, 15) is 18.0 Å². The highest BCUT2D eigenvalue weighted by Crippen LogP contribution is 2.32. The number of para-hydroxylation sites is 4.